The molecule has 28 heavy (non-hydrogen) atoms. The number of carbonyl (C=O) groups is 1. The van der Waals surface area contributed by atoms with Crippen molar-refractivity contribution in [2.45, 2.75) is 24.2 Å². The van der Waals surface area contributed by atoms with Crippen LogP contribution in [0.15, 0.2) is 53.4 Å². The number of benzene rings is 2. The van der Waals surface area contributed by atoms with E-state index in [2.05, 4.69) is 5.32 Å². The lowest BCUT2D eigenvalue weighted by Crippen LogP contribution is -2.35. The minimum absolute atomic E-state index is 0.258. The summed E-state index contributed by atoms with van der Waals surface area (Å²) in [6.45, 7) is 1.71. The molecule has 1 aliphatic rings. The number of hydrogen-bond donors (Lipinski definition) is 1. The van der Waals surface area contributed by atoms with Crippen LogP contribution in [0.25, 0.3) is 0 Å². The lowest BCUT2D eigenvalue weighted by atomic mass is 10.2. The van der Waals surface area contributed by atoms with Crippen molar-refractivity contribution < 1.29 is 17.9 Å². The van der Waals surface area contributed by atoms with Crippen LogP contribution >= 0.6 is 11.6 Å². The predicted molar refractivity (Wildman–Crippen MR) is 108 cm³/mol. The summed E-state index contributed by atoms with van der Waals surface area (Å²) in [7, 11) is -3.44. The number of nitrogens with one attached hydrogen (secondary N) is 1. The molecule has 2 aromatic carbocycles. The number of halogens is 1. The quantitative estimate of drug-likeness (QED) is 0.694. The van der Waals surface area contributed by atoms with Crippen molar-refractivity contribution in [1.29, 1.82) is 0 Å². The van der Waals surface area contributed by atoms with Crippen LogP contribution in [-0.2, 0) is 10.0 Å². The molecule has 1 fully saturated rings. The Morgan fingerprint density at radius 2 is 1.71 bits per heavy atom. The van der Waals surface area contributed by atoms with E-state index in [9.17, 15) is 13.2 Å². The highest BCUT2D eigenvalue weighted by Crippen LogP contribution is 2.22. The lowest BCUT2D eigenvalue weighted by molar-refractivity contribution is 0.0947. The first-order valence-electron chi connectivity index (χ1n) is 9.24. The fraction of sp³-hybridized carbons (Fsp3) is 0.350. The van der Waals surface area contributed by atoms with E-state index in [4.69, 9.17) is 16.3 Å². The number of amides is 1. The van der Waals surface area contributed by atoms with Gasteiger partial charge >= 0.3 is 0 Å². The summed E-state index contributed by atoms with van der Waals surface area (Å²) in [6, 6.07) is 13.2. The SMILES string of the molecule is O=C(NCCOc1ccc(S(=O)(=O)N2CCCCC2)cc1)c1ccccc1Cl. The number of rotatable bonds is 7. The molecule has 6 nitrogen and oxygen atoms in total. The standard InChI is InChI=1S/C20H23ClN2O4S/c21-19-7-3-2-6-18(19)20(24)22-12-15-27-16-8-10-17(11-9-16)28(25,26)23-13-4-1-5-14-23/h2-3,6-11H,1,4-5,12-15H2,(H,22,24). The van der Waals surface area contributed by atoms with Gasteiger partial charge in [0.15, 0.2) is 0 Å². The molecule has 150 valence electrons. The zero-order chi connectivity index (χ0) is 20.0. The average Bonchev–Trinajstić information content (AvgIpc) is 2.72. The number of sulfonamides is 1. The zero-order valence-corrected chi connectivity index (χ0v) is 17.0. The molecule has 3 rings (SSSR count). The Labute approximate surface area is 170 Å². The summed E-state index contributed by atoms with van der Waals surface area (Å²) in [4.78, 5) is 12.3. The van der Waals surface area contributed by atoms with Gasteiger partial charge in [0.25, 0.3) is 5.91 Å². The minimum atomic E-state index is -3.44. The highest BCUT2D eigenvalue weighted by atomic mass is 35.5. The van der Waals surface area contributed by atoms with Gasteiger partial charge in [0.1, 0.15) is 12.4 Å². The lowest BCUT2D eigenvalue weighted by Gasteiger charge is -2.25. The molecule has 0 radical (unpaired) electrons. The molecule has 1 aliphatic heterocycles. The van der Waals surface area contributed by atoms with Crippen LogP contribution in [0.3, 0.4) is 0 Å². The number of carbonyl (C=O) groups excluding carboxylic acids is 1. The molecular weight excluding hydrogens is 400 g/mol. The summed E-state index contributed by atoms with van der Waals surface area (Å²) < 4.78 is 32.4. The van der Waals surface area contributed by atoms with Gasteiger partial charge in [-0.05, 0) is 49.2 Å². The number of nitrogens with zero attached hydrogens (tertiary/aromatic N) is 1. The van der Waals surface area contributed by atoms with Crippen molar-refractivity contribution in [3.8, 4) is 5.75 Å². The van der Waals surface area contributed by atoms with E-state index < -0.39 is 10.0 Å². The van der Waals surface area contributed by atoms with E-state index in [-0.39, 0.29) is 17.4 Å². The first kappa shape index (κ1) is 20.6. The fourth-order valence-corrected chi connectivity index (χ4v) is 4.77. The third-order valence-electron chi connectivity index (χ3n) is 4.55. The highest BCUT2D eigenvalue weighted by Gasteiger charge is 2.25. The predicted octanol–water partition coefficient (Wildman–Crippen LogP) is 3.32. The largest absolute Gasteiger partial charge is 0.492 e. The second kappa shape index (κ2) is 9.41. The first-order chi connectivity index (χ1) is 13.5. The Morgan fingerprint density at radius 3 is 2.39 bits per heavy atom. The van der Waals surface area contributed by atoms with Crippen LogP contribution in [-0.4, -0.2) is 44.9 Å². The van der Waals surface area contributed by atoms with Crippen molar-refractivity contribution in [3.63, 3.8) is 0 Å². The summed E-state index contributed by atoms with van der Waals surface area (Å²) in [5.74, 6) is 0.279. The number of hydrogen-bond acceptors (Lipinski definition) is 4. The zero-order valence-electron chi connectivity index (χ0n) is 15.4. The Balaban J connectivity index is 1.49. The van der Waals surface area contributed by atoms with Gasteiger partial charge in [0.2, 0.25) is 10.0 Å². The molecule has 0 aromatic heterocycles. The maximum absolute atomic E-state index is 12.6. The molecule has 0 spiro atoms. The maximum Gasteiger partial charge on any atom is 0.252 e. The molecule has 1 N–H and O–H groups in total. The number of piperidine rings is 1. The van der Waals surface area contributed by atoms with Gasteiger partial charge in [-0.25, -0.2) is 8.42 Å². The normalized spacial score (nSPS) is 15.2. The first-order valence-corrected chi connectivity index (χ1v) is 11.1. The van der Waals surface area contributed by atoms with Crippen LogP contribution in [0.5, 0.6) is 5.75 Å². The Hall–Kier alpha value is -2.09. The van der Waals surface area contributed by atoms with Crippen LogP contribution in [0, 0.1) is 0 Å². The second-order valence-corrected chi connectivity index (χ2v) is 8.87. The average molecular weight is 423 g/mol. The van der Waals surface area contributed by atoms with Crippen molar-refractivity contribution >= 4 is 27.5 Å². The van der Waals surface area contributed by atoms with Crippen molar-refractivity contribution in [2.75, 3.05) is 26.2 Å². The Morgan fingerprint density at radius 1 is 1.04 bits per heavy atom. The van der Waals surface area contributed by atoms with Gasteiger partial charge in [-0.15, -0.1) is 0 Å². The van der Waals surface area contributed by atoms with E-state index in [0.717, 1.165) is 19.3 Å². The molecule has 0 atom stereocenters. The minimum Gasteiger partial charge on any atom is -0.492 e. The monoisotopic (exact) mass is 422 g/mol. The van der Waals surface area contributed by atoms with E-state index >= 15 is 0 Å². The number of ether oxygens (including phenoxy) is 1. The molecule has 0 aliphatic carbocycles. The molecule has 2 aromatic rings. The molecule has 1 saturated heterocycles. The van der Waals surface area contributed by atoms with Gasteiger partial charge in [-0.2, -0.15) is 4.31 Å². The fourth-order valence-electron chi connectivity index (χ4n) is 3.04. The third kappa shape index (κ3) is 5.04. The summed E-state index contributed by atoms with van der Waals surface area (Å²) in [5, 5.41) is 3.13. The van der Waals surface area contributed by atoms with Crippen molar-refractivity contribution in [1.82, 2.24) is 9.62 Å². The van der Waals surface area contributed by atoms with Gasteiger partial charge in [-0.1, -0.05) is 30.2 Å². The maximum atomic E-state index is 12.6. The Kier molecular flexibility index (Phi) is 6.93. The second-order valence-electron chi connectivity index (χ2n) is 6.52. The van der Waals surface area contributed by atoms with E-state index in [1.54, 1.807) is 48.5 Å². The molecule has 0 unspecified atom stereocenters. The smallest absolute Gasteiger partial charge is 0.252 e. The molecular formula is C20H23ClN2O4S. The Bertz CT molecular complexity index is 910. The van der Waals surface area contributed by atoms with Gasteiger partial charge in [0.05, 0.1) is 22.0 Å². The van der Waals surface area contributed by atoms with Gasteiger partial charge in [-0.3, -0.25) is 4.79 Å². The topological polar surface area (TPSA) is 75.7 Å². The molecule has 1 amide bonds. The molecule has 1 heterocycles. The van der Waals surface area contributed by atoms with Crippen molar-refractivity contribution in [3.05, 3.63) is 59.1 Å². The van der Waals surface area contributed by atoms with E-state index in [1.807, 2.05) is 0 Å². The molecule has 0 bridgehead atoms. The summed E-state index contributed by atoms with van der Waals surface area (Å²) in [5.41, 5.74) is 0.413. The van der Waals surface area contributed by atoms with Crippen LogP contribution in [0.2, 0.25) is 5.02 Å². The van der Waals surface area contributed by atoms with E-state index in [1.165, 1.54) is 4.31 Å². The van der Waals surface area contributed by atoms with Crippen LogP contribution in [0.1, 0.15) is 29.6 Å². The summed E-state index contributed by atoms with van der Waals surface area (Å²) >= 11 is 5.99. The molecule has 0 saturated carbocycles. The van der Waals surface area contributed by atoms with E-state index in [0.29, 0.717) is 36.0 Å². The van der Waals surface area contributed by atoms with Crippen LogP contribution in [0.4, 0.5) is 0 Å². The van der Waals surface area contributed by atoms with Crippen LogP contribution < -0.4 is 10.1 Å². The third-order valence-corrected chi connectivity index (χ3v) is 6.79. The highest BCUT2D eigenvalue weighted by molar-refractivity contribution is 7.89. The molecule has 8 heteroatoms. The van der Waals surface area contributed by atoms with Gasteiger partial charge < -0.3 is 10.1 Å². The summed E-state index contributed by atoms with van der Waals surface area (Å²) in [6.07, 6.45) is 2.88. The van der Waals surface area contributed by atoms with Gasteiger partial charge in [0, 0.05) is 13.1 Å². The van der Waals surface area contributed by atoms with Crippen molar-refractivity contribution in [2.24, 2.45) is 0 Å².